The lowest BCUT2D eigenvalue weighted by Crippen LogP contribution is -3.61. The van der Waals surface area contributed by atoms with Crippen molar-refractivity contribution in [1.29, 1.82) is 0 Å². The van der Waals surface area contributed by atoms with Crippen molar-refractivity contribution in [2.75, 3.05) is 26.2 Å². The normalized spacial score (nSPS) is 12.7. The van der Waals surface area contributed by atoms with Crippen molar-refractivity contribution in [3.8, 4) is 11.1 Å². The summed E-state index contributed by atoms with van der Waals surface area (Å²) in [6.07, 6.45) is -2.11. The van der Waals surface area contributed by atoms with E-state index in [1.165, 1.54) is 30.3 Å². The van der Waals surface area contributed by atoms with Crippen LogP contribution >= 0.6 is 23.1 Å². The van der Waals surface area contributed by atoms with E-state index < -0.39 is 11.7 Å². The maximum atomic E-state index is 14.3. The Morgan fingerprint density at radius 2 is 1.58 bits per heavy atom. The van der Waals surface area contributed by atoms with E-state index in [0.717, 1.165) is 67.0 Å². The third kappa shape index (κ3) is 9.74. The second kappa shape index (κ2) is 17.6. The Hall–Kier alpha value is -3.46. The fraction of sp³-hybridized carbons (Fsp3) is 0.325. The Labute approximate surface area is 321 Å². The number of hydrogen-bond acceptors (Lipinski definition) is 6. The number of rotatable bonds is 15. The molecule has 0 N–H and O–H groups in total. The average molecular weight is 858 g/mol. The first-order valence-corrected chi connectivity index (χ1v) is 21.4. The summed E-state index contributed by atoms with van der Waals surface area (Å²) in [6, 6.07) is 25.7. The summed E-state index contributed by atoms with van der Waals surface area (Å²) in [5.41, 5.74) is 4.30. The van der Waals surface area contributed by atoms with Crippen molar-refractivity contribution in [3.05, 3.63) is 135 Å². The monoisotopic (exact) mass is 857 g/mol. The van der Waals surface area contributed by atoms with Crippen LogP contribution in [-0.2, 0) is 42.7 Å². The molecule has 0 spiro atoms. The number of thiophene rings is 1. The molecule has 0 bridgehead atoms. The average Bonchev–Trinajstić information content (AvgIpc) is 3.86. The summed E-state index contributed by atoms with van der Waals surface area (Å²) < 4.78 is 44.0. The van der Waals surface area contributed by atoms with Gasteiger partial charge in [0.2, 0.25) is 8.79 Å². The number of nitrogens with zero attached hydrogens (tertiary/aromatic N) is 4. The van der Waals surface area contributed by atoms with Crippen LogP contribution in [0.1, 0.15) is 48.2 Å². The van der Waals surface area contributed by atoms with Crippen LogP contribution in [0.15, 0.2) is 100 Å². The van der Waals surface area contributed by atoms with E-state index in [1.807, 2.05) is 33.7 Å². The van der Waals surface area contributed by atoms with Crippen molar-refractivity contribution < 1.29 is 39.2 Å². The van der Waals surface area contributed by atoms with E-state index in [1.54, 1.807) is 11.3 Å². The Morgan fingerprint density at radius 3 is 2.21 bits per heavy atom. The van der Waals surface area contributed by atoms with Gasteiger partial charge in [0.25, 0.3) is 5.56 Å². The Bertz CT molecular complexity index is 2000. The van der Waals surface area contributed by atoms with E-state index >= 15 is 0 Å². The highest BCUT2D eigenvalue weighted by Gasteiger charge is 2.30. The summed E-state index contributed by atoms with van der Waals surface area (Å²) in [7, 11) is 0. The summed E-state index contributed by atoms with van der Waals surface area (Å²) in [5.74, 6) is 0.579. The lowest BCUT2D eigenvalue weighted by molar-refractivity contribution is -0.591. The highest BCUT2D eigenvalue weighted by molar-refractivity contribution is 7.98. The van der Waals surface area contributed by atoms with Gasteiger partial charge in [0.1, 0.15) is 6.54 Å². The lowest BCUT2D eigenvalue weighted by Gasteiger charge is -2.28. The van der Waals surface area contributed by atoms with Gasteiger partial charge in [0.15, 0.2) is 8.73 Å². The molecular weight excluding hydrogens is 816 g/mol. The predicted molar refractivity (Wildman–Crippen MR) is 198 cm³/mol. The molecule has 0 saturated heterocycles. The number of fused-ring (bicyclic) bond motifs is 1. The first-order valence-electron chi connectivity index (χ1n) is 17.4. The Kier molecular flexibility index (Phi) is 12.9. The van der Waals surface area contributed by atoms with Crippen molar-refractivity contribution in [2.45, 2.75) is 63.3 Å². The molecule has 12 heteroatoms. The van der Waals surface area contributed by atoms with E-state index in [9.17, 15) is 22.8 Å². The number of carbonyl (C=O) groups excluding carboxylic acids is 1. The van der Waals surface area contributed by atoms with Gasteiger partial charge in [0, 0.05) is 42.7 Å². The molecule has 3 aromatic carbocycles. The third-order valence-electron chi connectivity index (χ3n) is 9.27. The van der Waals surface area contributed by atoms with Gasteiger partial charge in [-0.3, -0.25) is 9.59 Å². The molecule has 1 amide bonds. The van der Waals surface area contributed by atoms with Gasteiger partial charge in [0.05, 0.1) is 5.56 Å². The molecule has 2 aromatic heterocycles. The van der Waals surface area contributed by atoms with Crippen molar-refractivity contribution >= 4 is 29.0 Å². The van der Waals surface area contributed by atoms with Crippen LogP contribution in [0.5, 0.6) is 0 Å². The molecule has 2 heterocycles. The number of carbonyl (C=O) groups is 1. The Balaban J connectivity index is 1.20. The number of alkyl halides is 3. The van der Waals surface area contributed by atoms with Crippen LogP contribution in [0.3, 0.4) is 0 Å². The van der Waals surface area contributed by atoms with Gasteiger partial charge in [-0.2, -0.15) is 18.2 Å². The number of amides is 1. The molecule has 1 aliphatic rings. The standard InChI is InChI=1S/C40H41F3IN4O2S2/c1-3-46(4-2)22-23-47(25-28-10-14-30(15-11-28)31-16-18-32(19-17-31)40(41,42)43)37(49)26-48-35-8-5-7-34(35)38(50)45-39(48)52-27-29-12-20-33(21-13-29)44-36-9-6-24-51-36/h6,9-21,24H,3-5,7-8,22-23,25-27H2,1-2H3/q+1. The van der Waals surface area contributed by atoms with Crippen LogP contribution in [0.2, 0.25) is 0 Å². The zero-order chi connectivity index (χ0) is 36.7. The molecular formula is C40H41F3IN4O2S2+. The van der Waals surface area contributed by atoms with Crippen molar-refractivity contribution in [3.63, 3.8) is 0 Å². The number of likely N-dealkylation sites (N-methyl/N-ethyl adjacent to an activating group) is 1. The number of thioether (sulfide) groups is 1. The SMILES string of the molecule is CCN(CC)CCN(Cc1ccc(-c2ccc(C(F)(F)F)cc2)cc1)C(=O)Cn1c(SCc2ccc([I+]c3cccs3)cc2)nc(=O)c2c1CCC2. The van der Waals surface area contributed by atoms with E-state index in [2.05, 4.69) is 65.5 Å². The summed E-state index contributed by atoms with van der Waals surface area (Å²) in [4.78, 5) is 36.0. The zero-order valence-electron chi connectivity index (χ0n) is 29.2. The summed E-state index contributed by atoms with van der Waals surface area (Å²) in [6.45, 7) is 7.66. The van der Waals surface area contributed by atoms with Crippen LogP contribution in [-0.4, -0.2) is 51.4 Å². The van der Waals surface area contributed by atoms with E-state index in [-0.39, 0.29) is 39.2 Å². The number of aromatic nitrogens is 2. The fourth-order valence-electron chi connectivity index (χ4n) is 6.27. The maximum Gasteiger partial charge on any atom is 0.416 e. The van der Waals surface area contributed by atoms with Crippen molar-refractivity contribution in [1.82, 2.24) is 19.4 Å². The highest BCUT2D eigenvalue weighted by Crippen LogP contribution is 2.31. The molecule has 0 atom stereocenters. The first kappa shape index (κ1) is 38.3. The predicted octanol–water partition coefficient (Wildman–Crippen LogP) is 5.27. The molecule has 6 nitrogen and oxygen atoms in total. The molecule has 1 aliphatic carbocycles. The molecule has 0 saturated carbocycles. The minimum Gasteiger partial charge on any atom is -0.336 e. The minimum atomic E-state index is -4.38. The van der Waals surface area contributed by atoms with Crippen LogP contribution in [0, 0.1) is 6.45 Å². The van der Waals surface area contributed by atoms with Gasteiger partial charge >= 0.3 is 27.4 Å². The fourth-order valence-corrected chi connectivity index (χ4v) is 10.9. The zero-order valence-corrected chi connectivity index (χ0v) is 33.0. The third-order valence-corrected chi connectivity index (χ3v) is 14.5. The van der Waals surface area contributed by atoms with Gasteiger partial charge in [-0.05, 0) is 90.3 Å². The maximum absolute atomic E-state index is 14.3. The Morgan fingerprint density at radius 1 is 0.904 bits per heavy atom. The molecule has 52 heavy (non-hydrogen) atoms. The topological polar surface area (TPSA) is 58.4 Å². The van der Waals surface area contributed by atoms with Gasteiger partial charge in [-0.15, -0.1) is 0 Å². The quantitative estimate of drug-likeness (QED) is 0.0817. The summed E-state index contributed by atoms with van der Waals surface area (Å²) >= 11 is 3.09. The van der Waals surface area contributed by atoms with Gasteiger partial charge in [-0.25, -0.2) is 0 Å². The highest BCUT2D eigenvalue weighted by atomic mass is 127. The molecule has 0 fully saturated rings. The van der Waals surface area contributed by atoms with Crippen LogP contribution in [0.4, 0.5) is 13.2 Å². The van der Waals surface area contributed by atoms with Gasteiger partial charge in [-0.1, -0.05) is 85.5 Å². The number of hydrogen-bond donors (Lipinski definition) is 0. The molecule has 0 aliphatic heterocycles. The molecule has 272 valence electrons. The van der Waals surface area contributed by atoms with E-state index in [0.29, 0.717) is 41.5 Å². The smallest absolute Gasteiger partial charge is 0.336 e. The number of benzene rings is 3. The van der Waals surface area contributed by atoms with Crippen LogP contribution < -0.4 is 26.8 Å². The lowest BCUT2D eigenvalue weighted by atomic mass is 10.0. The first-order chi connectivity index (χ1) is 25.1. The van der Waals surface area contributed by atoms with Crippen molar-refractivity contribution in [2.24, 2.45) is 0 Å². The largest absolute Gasteiger partial charge is 0.416 e. The second-order valence-electron chi connectivity index (χ2n) is 12.6. The van der Waals surface area contributed by atoms with E-state index in [4.69, 9.17) is 0 Å². The van der Waals surface area contributed by atoms with Gasteiger partial charge < -0.3 is 14.4 Å². The summed E-state index contributed by atoms with van der Waals surface area (Å²) in [5, 5.41) is 2.68. The number of halogens is 4. The second-order valence-corrected chi connectivity index (χ2v) is 18.2. The van der Waals surface area contributed by atoms with Crippen LogP contribution in [0.25, 0.3) is 11.1 Å². The molecule has 0 radical (unpaired) electrons. The molecule has 6 rings (SSSR count). The minimum absolute atomic E-state index is 0.0535. The molecule has 5 aromatic rings. The molecule has 0 unspecified atom stereocenters.